The van der Waals surface area contributed by atoms with Gasteiger partial charge in [-0.1, -0.05) is 35.9 Å². The number of hydrogen-bond donors (Lipinski definition) is 0. The minimum absolute atomic E-state index is 0.0535. The molecule has 0 radical (unpaired) electrons. The number of aryl methyl sites for hydroxylation is 1. The summed E-state index contributed by atoms with van der Waals surface area (Å²) in [5, 5.41) is 15.6. The molecule has 34 heavy (non-hydrogen) atoms. The fourth-order valence-corrected chi connectivity index (χ4v) is 4.85. The molecular weight excluding hydrogens is 455 g/mol. The van der Waals surface area contributed by atoms with E-state index in [4.69, 9.17) is 11.6 Å². The van der Waals surface area contributed by atoms with E-state index < -0.39 is 5.82 Å². The van der Waals surface area contributed by atoms with Crippen molar-refractivity contribution in [2.24, 2.45) is 7.05 Å². The minimum Gasteiger partial charge on any atom is -0.354 e. The summed E-state index contributed by atoms with van der Waals surface area (Å²) in [4.78, 5) is 16.9. The zero-order valence-corrected chi connectivity index (χ0v) is 19.7. The first-order chi connectivity index (χ1) is 16.4. The first kappa shape index (κ1) is 22.3. The molecular formula is C25H24ClFN6O. The van der Waals surface area contributed by atoms with Crippen LogP contribution in [0, 0.1) is 5.82 Å². The minimum atomic E-state index is -0.458. The molecule has 5 rings (SSSR count). The fourth-order valence-electron chi connectivity index (χ4n) is 4.60. The van der Waals surface area contributed by atoms with Crippen molar-refractivity contribution >= 4 is 34.1 Å². The van der Waals surface area contributed by atoms with E-state index in [9.17, 15) is 9.18 Å². The quantitative estimate of drug-likeness (QED) is 0.430. The number of fused-ring (bicyclic) bond motifs is 1. The van der Waals surface area contributed by atoms with Crippen molar-refractivity contribution in [3.8, 4) is 11.4 Å². The number of amides is 1. The van der Waals surface area contributed by atoms with Gasteiger partial charge in [0.05, 0.1) is 16.3 Å². The Kier molecular flexibility index (Phi) is 5.91. The van der Waals surface area contributed by atoms with Crippen molar-refractivity contribution < 1.29 is 9.18 Å². The molecule has 1 aliphatic rings. The summed E-state index contributed by atoms with van der Waals surface area (Å²) in [6, 6.07) is 14.0. The monoisotopic (exact) mass is 478 g/mol. The molecule has 0 aliphatic carbocycles. The van der Waals surface area contributed by atoms with Crippen LogP contribution in [0.15, 0.2) is 54.7 Å². The molecule has 0 N–H and O–H groups in total. The van der Waals surface area contributed by atoms with Crippen LogP contribution in [0.3, 0.4) is 0 Å². The Hall–Kier alpha value is -3.52. The maximum Gasteiger partial charge on any atom is 0.255 e. The van der Waals surface area contributed by atoms with E-state index in [0.29, 0.717) is 5.56 Å². The fraction of sp³-hybridized carbons (Fsp3) is 0.280. The highest BCUT2D eigenvalue weighted by Crippen LogP contribution is 2.33. The molecule has 9 heteroatoms. The molecule has 1 fully saturated rings. The summed E-state index contributed by atoms with van der Waals surface area (Å²) in [7, 11) is 3.67. The molecule has 1 amide bonds. The van der Waals surface area contributed by atoms with Gasteiger partial charge in [-0.2, -0.15) is 5.10 Å². The van der Waals surface area contributed by atoms with Crippen LogP contribution in [0.1, 0.15) is 23.2 Å². The molecule has 0 atom stereocenters. The van der Waals surface area contributed by atoms with E-state index in [-0.39, 0.29) is 17.0 Å². The van der Waals surface area contributed by atoms with Crippen molar-refractivity contribution in [3.05, 3.63) is 71.1 Å². The number of hydrogen-bond acceptors (Lipinski definition) is 5. The van der Waals surface area contributed by atoms with Crippen molar-refractivity contribution in [1.29, 1.82) is 0 Å². The predicted octanol–water partition coefficient (Wildman–Crippen LogP) is 4.56. The molecule has 1 aliphatic heterocycles. The number of halogens is 2. The summed E-state index contributed by atoms with van der Waals surface area (Å²) in [5.74, 6) is 0.185. The third kappa shape index (κ3) is 3.98. The molecule has 2 aromatic carbocycles. The molecule has 0 saturated carbocycles. The number of benzene rings is 2. The lowest BCUT2D eigenvalue weighted by molar-refractivity contribution is 0.0709. The van der Waals surface area contributed by atoms with Crippen LogP contribution in [0.4, 0.5) is 10.2 Å². The second kappa shape index (κ2) is 9.02. The maximum absolute atomic E-state index is 13.4. The summed E-state index contributed by atoms with van der Waals surface area (Å²) in [6.07, 6.45) is 3.31. The zero-order valence-electron chi connectivity index (χ0n) is 18.9. The van der Waals surface area contributed by atoms with Crippen LogP contribution in [0.25, 0.3) is 22.2 Å². The topological polar surface area (TPSA) is 67.2 Å². The lowest BCUT2D eigenvalue weighted by atomic mass is 10.0. The number of rotatable bonds is 4. The van der Waals surface area contributed by atoms with Gasteiger partial charge in [-0.05, 0) is 37.1 Å². The van der Waals surface area contributed by atoms with Crippen LogP contribution >= 0.6 is 11.6 Å². The average molecular weight is 479 g/mol. The number of carbonyl (C=O) groups is 1. The Morgan fingerprint density at radius 2 is 1.82 bits per heavy atom. The third-order valence-electron chi connectivity index (χ3n) is 6.52. The van der Waals surface area contributed by atoms with Gasteiger partial charge in [-0.15, -0.1) is 10.2 Å². The van der Waals surface area contributed by atoms with E-state index in [1.54, 1.807) is 22.8 Å². The molecule has 4 aromatic rings. The second-order valence-corrected chi connectivity index (χ2v) is 8.92. The van der Waals surface area contributed by atoms with Crippen molar-refractivity contribution in [2.45, 2.75) is 18.9 Å². The van der Waals surface area contributed by atoms with Gasteiger partial charge in [0.15, 0.2) is 5.82 Å². The van der Waals surface area contributed by atoms with E-state index >= 15 is 0 Å². The predicted molar refractivity (Wildman–Crippen MR) is 130 cm³/mol. The Labute approximate surface area is 201 Å². The number of anilines is 1. The van der Waals surface area contributed by atoms with E-state index in [0.717, 1.165) is 53.9 Å². The van der Waals surface area contributed by atoms with Crippen LogP contribution in [0.5, 0.6) is 0 Å². The lowest BCUT2D eigenvalue weighted by Crippen LogP contribution is -2.46. The van der Waals surface area contributed by atoms with Crippen molar-refractivity contribution in [3.63, 3.8) is 0 Å². The highest BCUT2D eigenvalue weighted by molar-refractivity contribution is 6.33. The standard InChI is InChI=1S/C25H24ClFN6O/c1-31(25(34)20-8-7-16(27)15-21(20)26)17-10-13-33(14-11-17)24-19-6-4-3-5-18(19)23(29-30-24)22-9-12-28-32(22)2/h3-9,12,15,17H,10-11,13-14H2,1-2H3. The maximum atomic E-state index is 13.4. The van der Waals surface area contributed by atoms with Gasteiger partial charge in [0, 0.05) is 50.2 Å². The lowest BCUT2D eigenvalue weighted by Gasteiger charge is -2.37. The van der Waals surface area contributed by atoms with Crippen molar-refractivity contribution in [2.75, 3.05) is 25.0 Å². The molecule has 7 nitrogen and oxygen atoms in total. The van der Waals surface area contributed by atoms with Crippen molar-refractivity contribution in [1.82, 2.24) is 24.9 Å². The normalized spacial score (nSPS) is 14.5. The molecule has 2 aromatic heterocycles. The Balaban J connectivity index is 1.35. The summed E-state index contributed by atoms with van der Waals surface area (Å²) in [5.41, 5.74) is 2.03. The molecule has 0 spiro atoms. The van der Waals surface area contributed by atoms with Gasteiger partial charge in [0.25, 0.3) is 5.91 Å². The number of carbonyl (C=O) groups excluding carboxylic acids is 1. The molecule has 1 saturated heterocycles. The molecule has 0 bridgehead atoms. The summed E-state index contributed by atoms with van der Waals surface area (Å²) in [6.45, 7) is 1.48. The second-order valence-electron chi connectivity index (χ2n) is 8.52. The van der Waals surface area contributed by atoms with Crippen LogP contribution < -0.4 is 4.90 Å². The van der Waals surface area contributed by atoms with Gasteiger partial charge >= 0.3 is 0 Å². The van der Waals surface area contributed by atoms with Crippen LogP contribution in [0.2, 0.25) is 5.02 Å². The van der Waals surface area contributed by atoms with E-state index in [1.165, 1.54) is 18.2 Å². The molecule has 3 heterocycles. The Bertz CT molecular complexity index is 1360. The first-order valence-corrected chi connectivity index (χ1v) is 11.5. The van der Waals surface area contributed by atoms with Gasteiger partial charge in [-0.3, -0.25) is 9.48 Å². The SMILES string of the molecule is CN(C(=O)c1ccc(F)cc1Cl)C1CCN(c2nnc(-c3ccnn3C)c3ccccc23)CC1. The van der Waals surface area contributed by atoms with Gasteiger partial charge in [-0.25, -0.2) is 4.39 Å². The number of piperidine rings is 1. The Morgan fingerprint density at radius 3 is 2.50 bits per heavy atom. The van der Waals surface area contributed by atoms with E-state index in [2.05, 4.69) is 32.3 Å². The summed E-state index contributed by atoms with van der Waals surface area (Å²) >= 11 is 6.11. The zero-order chi connectivity index (χ0) is 23.8. The largest absolute Gasteiger partial charge is 0.354 e. The number of aromatic nitrogens is 4. The van der Waals surface area contributed by atoms with Gasteiger partial charge < -0.3 is 9.80 Å². The first-order valence-electron chi connectivity index (χ1n) is 11.1. The van der Waals surface area contributed by atoms with Crippen LogP contribution in [-0.4, -0.2) is 57.0 Å². The third-order valence-corrected chi connectivity index (χ3v) is 6.84. The Morgan fingerprint density at radius 1 is 1.09 bits per heavy atom. The molecule has 0 unspecified atom stereocenters. The highest BCUT2D eigenvalue weighted by Gasteiger charge is 2.28. The van der Waals surface area contributed by atoms with Gasteiger partial charge in [0.1, 0.15) is 11.5 Å². The average Bonchev–Trinajstić information content (AvgIpc) is 3.28. The number of nitrogens with zero attached hydrogens (tertiary/aromatic N) is 6. The van der Waals surface area contributed by atoms with Gasteiger partial charge in [0.2, 0.25) is 0 Å². The smallest absolute Gasteiger partial charge is 0.255 e. The molecule has 174 valence electrons. The van der Waals surface area contributed by atoms with Crippen LogP contribution in [-0.2, 0) is 7.05 Å². The highest BCUT2D eigenvalue weighted by atomic mass is 35.5. The summed E-state index contributed by atoms with van der Waals surface area (Å²) < 4.78 is 15.2. The van der Waals surface area contributed by atoms with E-state index in [1.807, 2.05) is 25.2 Å².